The molecule has 148 valence electrons. The summed E-state index contributed by atoms with van der Waals surface area (Å²) in [5.74, 6) is 0.892. The quantitative estimate of drug-likeness (QED) is 0.621. The van der Waals surface area contributed by atoms with Gasteiger partial charge in [-0.25, -0.2) is 4.98 Å². The first kappa shape index (κ1) is 20.3. The second-order valence-corrected chi connectivity index (χ2v) is 8.53. The summed E-state index contributed by atoms with van der Waals surface area (Å²) in [5.41, 5.74) is 2.30. The monoisotopic (exact) mass is 389 g/mol. The van der Waals surface area contributed by atoms with E-state index in [0.29, 0.717) is 12.7 Å². The number of hydrogen-bond acceptors (Lipinski definition) is 6. The number of benzene rings is 1. The molecule has 1 aliphatic heterocycles. The summed E-state index contributed by atoms with van der Waals surface area (Å²) in [6.07, 6.45) is 2.76. The molecule has 0 radical (unpaired) electrons. The van der Waals surface area contributed by atoms with E-state index in [4.69, 9.17) is 9.47 Å². The summed E-state index contributed by atoms with van der Waals surface area (Å²) in [6, 6.07) is 8.45. The smallest absolute Gasteiger partial charge is 0.131 e. The standard InChI is InChI=1S/C21H31N3O2S/c1-17-22-19(16-27-17)15-26-20-8-6-18(7-9-20)13-24(11-10-23(2)3)14-21-5-4-12-25-21/h6-9,16,21H,4-5,10-15H2,1-3H3. The summed E-state index contributed by atoms with van der Waals surface area (Å²) >= 11 is 1.66. The number of aryl methyl sites for hydroxylation is 1. The number of hydrogen-bond donors (Lipinski definition) is 0. The van der Waals surface area contributed by atoms with E-state index in [0.717, 1.165) is 49.2 Å². The highest BCUT2D eigenvalue weighted by Crippen LogP contribution is 2.18. The Morgan fingerprint density at radius 3 is 2.67 bits per heavy atom. The van der Waals surface area contributed by atoms with E-state index in [1.807, 2.05) is 6.92 Å². The van der Waals surface area contributed by atoms with Crippen molar-refractivity contribution in [3.63, 3.8) is 0 Å². The number of rotatable bonds is 10. The SMILES string of the molecule is Cc1nc(COc2ccc(CN(CCN(C)C)CC3CCCO3)cc2)cs1. The van der Waals surface area contributed by atoms with Crippen molar-refractivity contribution in [2.75, 3.05) is 40.3 Å². The molecule has 6 heteroatoms. The number of aromatic nitrogens is 1. The average molecular weight is 390 g/mol. The summed E-state index contributed by atoms with van der Waals surface area (Å²) in [6.45, 7) is 7.51. The fraction of sp³-hybridized carbons (Fsp3) is 0.571. The molecule has 1 fully saturated rings. The molecule has 1 aromatic heterocycles. The van der Waals surface area contributed by atoms with Gasteiger partial charge in [0.2, 0.25) is 0 Å². The zero-order chi connectivity index (χ0) is 19.1. The second kappa shape index (κ2) is 10.2. The van der Waals surface area contributed by atoms with Crippen molar-refractivity contribution in [2.45, 2.75) is 39.0 Å². The van der Waals surface area contributed by atoms with Crippen LogP contribution in [-0.4, -0.2) is 61.2 Å². The molecule has 0 N–H and O–H groups in total. The van der Waals surface area contributed by atoms with Gasteiger partial charge >= 0.3 is 0 Å². The van der Waals surface area contributed by atoms with Crippen LogP contribution in [0.25, 0.3) is 0 Å². The van der Waals surface area contributed by atoms with Crippen molar-refractivity contribution in [1.29, 1.82) is 0 Å². The molecular formula is C21H31N3O2S. The maximum absolute atomic E-state index is 5.86. The van der Waals surface area contributed by atoms with Crippen molar-refractivity contribution in [3.8, 4) is 5.75 Å². The summed E-state index contributed by atoms with van der Waals surface area (Å²) in [5, 5.41) is 3.13. The van der Waals surface area contributed by atoms with Crippen molar-refractivity contribution < 1.29 is 9.47 Å². The predicted octanol–water partition coefficient (Wildman–Crippen LogP) is 3.57. The minimum Gasteiger partial charge on any atom is -0.487 e. The molecule has 0 amide bonds. The van der Waals surface area contributed by atoms with Gasteiger partial charge in [-0.15, -0.1) is 11.3 Å². The topological polar surface area (TPSA) is 37.8 Å². The molecule has 3 rings (SSSR count). The molecule has 0 saturated carbocycles. The minimum absolute atomic E-state index is 0.385. The van der Waals surface area contributed by atoms with Crippen LogP contribution in [0.5, 0.6) is 5.75 Å². The zero-order valence-corrected chi connectivity index (χ0v) is 17.5. The minimum atomic E-state index is 0.385. The Morgan fingerprint density at radius 2 is 2.04 bits per heavy atom. The average Bonchev–Trinajstić information content (AvgIpc) is 3.30. The van der Waals surface area contributed by atoms with Gasteiger partial charge < -0.3 is 14.4 Å². The third-order valence-corrected chi connectivity index (χ3v) is 5.55. The van der Waals surface area contributed by atoms with Crippen LogP contribution in [0.1, 0.15) is 29.1 Å². The number of nitrogens with zero attached hydrogens (tertiary/aromatic N) is 3. The van der Waals surface area contributed by atoms with Crippen LogP contribution in [0.2, 0.25) is 0 Å². The van der Waals surface area contributed by atoms with Gasteiger partial charge in [0.25, 0.3) is 0 Å². The van der Waals surface area contributed by atoms with E-state index in [2.05, 4.69) is 58.5 Å². The van der Waals surface area contributed by atoms with Crippen molar-refractivity contribution in [3.05, 3.63) is 45.9 Å². The molecule has 0 aliphatic carbocycles. The lowest BCUT2D eigenvalue weighted by atomic mass is 10.1. The molecule has 2 aromatic rings. The first-order valence-corrected chi connectivity index (χ1v) is 10.6. The van der Waals surface area contributed by atoms with Crippen LogP contribution in [0.15, 0.2) is 29.6 Å². The predicted molar refractivity (Wildman–Crippen MR) is 110 cm³/mol. The van der Waals surface area contributed by atoms with Gasteiger partial charge in [0.15, 0.2) is 0 Å². The molecule has 5 nitrogen and oxygen atoms in total. The molecule has 1 unspecified atom stereocenters. The molecule has 1 atom stereocenters. The van der Waals surface area contributed by atoms with Crippen LogP contribution in [0.4, 0.5) is 0 Å². The van der Waals surface area contributed by atoms with E-state index in [9.17, 15) is 0 Å². The van der Waals surface area contributed by atoms with Crippen LogP contribution in [0, 0.1) is 6.92 Å². The van der Waals surface area contributed by atoms with Crippen molar-refractivity contribution in [2.24, 2.45) is 0 Å². The van der Waals surface area contributed by atoms with Gasteiger partial charge in [-0.3, -0.25) is 4.90 Å². The fourth-order valence-electron chi connectivity index (χ4n) is 3.23. The maximum Gasteiger partial charge on any atom is 0.131 e. The highest BCUT2D eigenvalue weighted by Gasteiger charge is 2.19. The van der Waals surface area contributed by atoms with E-state index in [-0.39, 0.29) is 0 Å². The maximum atomic E-state index is 5.86. The van der Waals surface area contributed by atoms with Crippen molar-refractivity contribution >= 4 is 11.3 Å². The third-order valence-electron chi connectivity index (χ3n) is 4.73. The Hall–Kier alpha value is -1.47. The van der Waals surface area contributed by atoms with Gasteiger partial charge in [-0.2, -0.15) is 0 Å². The first-order valence-electron chi connectivity index (χ1n) is 9.70. The molecule has 1 saturated heterocycles. The lowest BCUT2D eigenvalue weighted by Gasteiger charge is -2.26. The Labute approximate surface area is 166 Å². The molecule has 27 heavy (non-hydrogen) atoms. The molecule has 1 aromatic carbocycles. The van der Waals surface area contributed by atoms with E-state index in [1.165, 1.54) is 18.4 Å². The lowest BCUT2D eigenvalue weighted by Crippen LogP contribution is -2.36. The highest BCUT2D eigenvalue weighted by molar-refractivity contribution is 7.09. The third kappa shape index (κ3) is 6.88. The van der Waals surface area contributed by atoms with Gasteiger partial charge in [0, 0.05) is 38.2 Å². The number of ether oxygens (including phenoxy) is 2. The Morgan fingerprint density at radius 1 is 1.22 bits per heavy atom. The highest BCUT2D eigenvalue weighted by atomic mass is 32.1. The van der Waals surface area contributed by atoms with Gasteiger partial charge in [-0.05, 0) is 51.6 Å². The summed E-state index contributed by atoms with van der Waals surface area (Å²) < 4.78 is 11.7. The lowest BCUT2D eigenvalue weighted by molar-refractivity contribution is 0.0682. The first-order chi connectivity index (χ1) is 13.1. The number of thiazole rings is 1. The normalized spacial score (nSPS) is 17.1. The molecule has 0 spiro atoms. The van der Waals surface area contributed by atoms with Crippen LogP contribution < -0.4 is 4.74 Å². The largest absolute Gasteiger partial charge is 0.487 e. The molecule has 0 bridgehead atoms. The van der Waals surface area contributed by atoms with E-state index >= 15 is 0 Å². The zero-order valence-electron chi connectivity index (χ0n) is 16.7. The van der Waals surface area contributed by atoms with Crippen LogP contribution >= 0.6 is 11.3 Å². The van der Waals surface area contributed by atoms with Gasteiger partial charge in [0.05, 0.1) is 16.8 Å². The Balaban J connectivity index is 1.52. The van der Waals surface area contributed by atoms with Gasteiger partial charge in [-0.1, -0.05) is 12.1 Å². The van der Waals surface area contributed by atoms with E-state index in [1.54, 1.807) is 11.3 Å². The van der Waals surface area contributed by atoms with Crippen molar-refractivity contribution in [1.82, 2.24) is 14.8 Å². The Kier molecular flexibility index (Phi) is 7.64. The molecular weight excluding hydrogens is 358 g/mol. The van der Waals surface area contributed by atoms with Crippen LogP contribution in [0.3, 0.4) is 0 Å². The molecule has 1 aliphatic rings. The van der Waals surface area contributed by atoms with Crippen LogP contribution in [-0.2, 0) is 17.9 Å². The molecule has 2 heterocycles. The number of likely N-dealkylation sites (N-methyl/N-ethyl adjacent to an activating group) is 1. The summed E-state index contributed by atoms with van der Waals surface area (Å²) in [4.78, 5) is 9.18. The summed E-state index contributed by atoms with van der Waals surface area (Å²) in [7, 11) is 4.25. The van der Waals surface area contributed by atoms with E-state index < -0.39 is 0 Å². The fourth-order valence-corrected chi connectivity index (χ4v) is 3.83. The van der Waals surface area contributed by atoms with Gasteiger partial charge in [0.1, 0.15) is 12.4 Å². The second-order valence-electron chi connectivity index (χ2n) is 7.46. The Bertz CT molecular complexity index is 681.